The maximum atomic E-state index is 9.04. The molecular weight excluding hydrogens is 128 g/mol. The minimum Gasteiger partial charge on any atom is -0.390 e. The van der Waals surface area contributed by atoms with Gasteiger partial charge in [0, 0.05) is 0 Å². The second-order valence-electron chi connectivity index (χ2n) is 2.86. The van der Waals surface area contributed by atoms with Gasteiger partial charge in [-0.15, -0.1) is 0 Å². The molecule has 0 heterocycles. The Labute approximate surface area is 62.2 Å². The van der Waals surface area contributed by atoms with Gasteiger partial charge in [-0.05, 0) is 12.8 Å². The van der Waals surface area contributed by atoms with Gasteiger partial charge >= 0.3 is 0 Å². The first-order valence-electron chi connectivity index (χ1n) is 3.58. The SMILES string of the molecule is CC(C)/C=C/[C@@H](O)[C@H](C)O. The molecule has 0 saturated heterocycles. The number of aliphatic hydroxyl groups is 2. The molecule has 0 aromatic heterocycles. The minimum absolute atomic E-state index is 0.424. The molecule has 0 spiro atoms. The lowest BCUT2D eigenvalue weighted by Crippen LogP contribution is -2.19. The molecule has 0 aliphatic carbocycles. The van der Waals surface area contributed by atoms with Crippen molar-refractivity contribution in [2.45, 2.75) is 33.0 Å². The fourth-order valence-electron chi connectivity index (χ4n) is 0.497. The van der Waals surface area contributed by atoms with E-state index in [9.17, 15) is 0 Å². The van der Waals surface area contributed by atoms with Crippen LogP contribution in [0.15, 0.2) is 12.2 Å². The summed E-state index contributed by atoms with van der Waals surface area (Å²) in [6.45, 7) is 5.60. The van der Waals surface area contributed by atoms with Gasteiger partial charge in [-0.2, -0.15) is 0 Å². The largest absolute Gasteiger partial charge is 0.390 e. The van der Waals surface area contributed by atoms with Crippen molar-refractivity contribution in [2.24, 2.45) is 5.92 Å². The maximum absolute atomic E-state index is 9.04. The number of allylic oxidation sites excluding steroid dienone is 1. The highest BCUT2D eigenvalue weighted by molar-refractivity contribution is 4.92. The smallest absolute Gasteiger partial charge is 0.0977 e. The molecule has 0 aromatic carbocycles. The summed E-state index contributed by atoms with van der Waals surface area (Å²) in [6, 6.07) is 0. The Hall–Kier alpha value is -0.340. The number of aliphatic hydroxyl groups excluding tert-OH is 2. The second kappa shape index (κ2) is 4.47. The van der Waals surface area contributed by atoms with Crippen LogP contribution >= 0.6 is 0 Å². The third-order valence-electron chi connectivity index (χ3n) is 1.19. The highest BCUT2D eigenvalue weighted by Crippen LogP contribution is 1.98. The van der Waals surface area contributed by atoms with Crippen LogP contribution in [-0.2, 0) is 0 Å². The highest BCUT2D eigenvalue weighted by atomic mass is 16.3. The predicted octanol–water partition coefficient (Wildman–Crippen LogP) is 0.940. The lowest BCUT2D eigenvalue weighted by atomic mass is 10.1. The maximum Gasteiger partial charge on any atom is 0.0977 e. The van der Waals surface area contributed by atoms with E-state index in [2.05, 4.69) is 0 Å². The predicted molar refractivity (Wildman–Crippen MR) is 41.7 cm³/mol. The summed E-state index contributed by atoms with van der Waals surface area (Å²) in [5, 5.41) is 17.9. The standard InChI is InChI=1S/C8H16O2/c1-6(2)4-5-8(10)7(3)9/h4-10H,1-3H3/b5-4+/t7-,8+/m0/s1. The Morgan fingerprint density at radius 1 is 1.00 bits per heavy atom. The zero-order chi connectivity index (χ0) is 8.15. The van der Waals surface area contributed by atoms with Crippen molar-refractivity contribution in [3.05, 3.63) is 12.2 Å². The topological polar surface area (TPSA) is 40.5 Å². The van der Waals surface area contributed by atoms with Crippen LogP contribution in [0.2, 0.25) is 0 Å². The number of rotatable bonds is 3. The van der Waals surface area contributed by atoms with Crippen molar-refractivity contribution < 1.29 is 10.2 Å². The summed E-state index contributed by atoms with van der Waals surface area (Å²) in [4.78, 5) is 0. The third-order valence-corrected chi connectivity index (χ3v) is 1.19. The van der Waals surface area contributed by atoms with Crippen LogP contribution in [0.3, 0.4) is 0 Å². The van der Waals surface area contributed by atoms with E-state index in [4.69, 9.17) is 10.2 Å². The quantitative estimate of drug-likeness (QED) is 0.579. The zero-order valence-electron chi connectivity index (χ0n) is 6.78. The first-order chi connectivity index (χ1) is 4.54. The average Bonchev–Trinajstić information content (AvgIpc) is 1.82. The minimum atomic E-state index is -0.720. The van der Waals surface area contributed by atoms with Gasteiger partial charge in [0.05, 0.1) is 12.2 Å². The molecule has 2 heteroatoms. The molecule has 0 bridgehead atoms. The summed E-state index contributed by atoms with van der Waals surface area (Å²) in [7, 11) is 0. The van der Waals surface area contributed by atoms with Gasteiger partial charge in [0.15, 0.2) is 0 Å². The highest BCUT2D eigenvalue weighted by Gasteiger charge is 2.04. The molecule has 2 atom stereocenters. The van der Waals surface area contributed by atoms with E-state index in [1.807, 2.05) is 19.9 Å². The Morgan fingerprint density at radius 2 is 1.50 bits per heavy atom. The van der Waals surface area contributed by atoms with Crippen LogP contribution in [0.1, 0.15) is 20.8 Å². The van der Waals surface area contributed by atoms with E-state index in [-0.39, 0.29) is 0 Å². The zero-order valence-corrected chi connectivity index (χ0v) is 6.78. The summed E-state index contributed by atoms with van der Waals surface area (Å²) in [6.07, 6.45) is 2.10. The Morgan fingerprint density at radius 3 is 1.80 bits per heavy atom. The molecule has 2 N–H and O–H groups in total. The van der Waals surface area contributed by atoms with Gasteiger partial charge in [-0.3, -0.25) is 0 Å². The molecule has 0 aliphatic heterocycles. The molecule has 0 rings (SSSR count). The van der Waals surface area contributed by atoms with Crippen LogP contribution < -0.4 is 0 Å². The monoisotopic (exact) mass is 144 g/mol. The fraction of sp³-hybridized carbons (Fsp3) is 0.750. The van der Waals surface area contributed by atoms with Gasteiger partial charge in [0.1, 0.15) is 0 Å². The van der Waals surface area contributed by atoms with Crippen molar-refractivity contribution in [1.82, 2.24) is 0 Å². The van der Waals surface area contributed by atoms with Crippen molar-refractivity contribution in [1.29, 1.82) is 0 Å². The van der Waals surface area contributed by atoms with Crippen LogP contribution in [0.4, 0.5) is 0 Å². The molecule has 0 aliphatic rings. The molecule has 0 amide bonds. The number of hydrogen-bond acceptors (Lipinski definition) is 2. The summed E-state index contributed by atoms with van der Waals surface area (Å²) in [5.41, 5.74) is 0. The van der Waals surface area contributed by atoms with E-state index in [0.717, 1.165) is 0 Å². The second-order valence-corrected chi connectivity index (χ2v) is 2.86. The lowest BCUT2D eigenvalue weighted by Gasteiger charge is -2.07. The van der Waals surface area contributed by atoms with Crippen molar-refractivity contribution >= 4 is 0 Å². The van der Waals surface area contributed by atoms with Gasteiger partial charge in [-0.25, -0.2) is 0 Å². The number of hydrogen-bond donors (Lipinski definition) is 2. The fourth-order valence-corrected chi connectivity index (χ4v) is 0.497. The molecule has 0 unspecified atom stereocenters. The van der Waals surface area contributed by atoms with E-state index in [1.165, 1.54) is 0 Å². The molecule has 10 heavy (non-hydrogen) atoms. The van der Waals surface area contributed by atoms with Crippen molar-refractivity contribution in [3.8, 4) is 0 Å². The van der Waals surface area contributed by atoms with Crippen LogP contribution in [0, 0.1) is 5.92 Å². The van der Waals surface area contributed by atoms with E-state index >= 15 is 0 Å². The molecule has 60 valence electrons. The van der Waals surface area contributed by atoms with Crippen LogP contribution in [0.25, 0.3) is 0 Å². The van der Waals surface area contributed by atoms with Gasteiger partial charge < -0.3 is 10.2 Å². The average molecular weight is 144 g/mol. The molecule has 0 saturated carbocycles. The Balaban J connectivity index is 3.66. The normalized spacial score (nSPS) is 18.2. The van der Waals surface area contributed by atoms with Gasteiger partial charge in [0.2, 0.25) is 0 Å². The summed E-state index contributed by atoms with van der Waals surface area (Å²) >= 11 is 0. The van der Waals surface area contributed by atoms with Crippen molar-refractivity contribution in [2.75, 3.05) is 0 Å². The molecule has 0 fully saturated rings. The van der Waals surface area contributed by atoms with Gasteiger partial charge in [-0.1, -0.05) is 26.0 Å². The lowest BCUT2D eigenvalue weighted by molar-refractivity contribution is 0.0616. The summed E-state index contributed by atoms with van der Waals surface area (Å²) < 4.78 is 0. The first-order valence-corrected chi connectivity index (χ1v) is 3.58. The van der Waals surface area contributed by atoms with E-state index in [1.54, 1.807) is 13.0 Å². The Bertz CT molecular complexity index is 106. The van der Waals surface area contributed by atoms with E-state index < -0.39 is 12.2 Å². The van der Waals surface area contributed by atoms with Crippen LogP contribution in [0.5, 0.6) is 0 Å². The molecule has 2 nitrogen and oxygen atoms in total. The van der Waals surface area contributed by atoms with Crippen LogP contribution in [-0.4, -0.2) is 22.4 Å². The van der Waals surface area contributed by atoms with Crippen molar-refractivity contribution in [3.63, 3.8) is 0 Å². The Kier molecular flexibility index (Phi) is 4.32. The van der Waals surface area contributed by atoms with E-state index in [0.29, 0.717) is 5.92 Å². The first kappa shape index (κ1) is 9.66. The molecular formula is C8H16O2. The third kappa shape index (κ3) is 4.53. The van der Waals surface area contributed by atoms with Gasteiger partial charge in [0.25, 0.3) is 0 Å². The molecule has 0 aromatic rings. The summed E-state index contributed by atoms with van der Waals surface area (Å²) in [5.74, 6) is 0.424. The molecule has 0 radical (unpaired) electrons.